The van der Waals surface area contributed by atoms with Crippen molar-refractivity contribution in [1.29, 1.82) is 0 Å². The molecule has 170 valence electrons. The molecule has 2 saturated heterocycles. The molecular weight excluding hydrogens is 529 g/mol. The molecule has 7 nitrogen and oxygen atoms in total. The highest BCUT2D eigenvalue weighted by Crippen LogP contribution is 2.25. The molecule has 2 aliphatic heterocycles. The van der Waals surface area contributed by atoms with E-state index >= 15 is 0 Å². The molecule has 0 amide bonds. The highest BCUT2D eigenvalue weighted by atomic mass is 127. The minimum Gasteiger partial charge on any atom is -0.465 e. The smallest absolute Gasteiger partial charge is 0.191 e. The average molecular weight is 560 g/mol. The SMILES string of the molecule is Cc1ccc(C(CN=C(N)N2CCN(c3ccc(Cl)cc3)CC2)N2CCOCC2)o1.I. The van der Waals surface area contributed by atoms with Gasteiger partial charge in [0.1, 0.15) is 11.5 Å². The largest absolute Gasteiger partial charge is 0.465 e. The van der Waals surface area contributed by atoms with Crippen LogP contribution in [0.15, 0.2) is 45.8 Å². The summed E-state index contributed by atoms with van der Waals surface area (Å²) in [6, 6.07) is 12.1. The van der Waals surface area contributed by atoms with Gasteiger partial charge in [0.05, 0.1) is 25.8 Å². The zero-order valence-corrected chi connectivity index (χ0v) is 21.0. The van der Waals surface area contributed by atoms with E-state index in [2.05, 4.69) is 26.8 Å². The number of anilines is 1. The first-order chi connectivity index (χ1) is 14.6. The van der Waals surface area contributed by atoms with Crippen molar-refractivity contribution in [2.75, 3.05) is 63.9 Å². The van der Waals surface area contributed by atoms with Crippen molar-refractivity contribution in [3.8, 4) is 0 Å². The summed E-state index contributed by atoms with van der Waals surface area (Å²) in [7, 11) is 0. The predicted molar refractivity (Wildman–Crippen MR) is 136 cm³/mol. The van der Waals surface area contributed by atoms with Gasteiger partial charge in [0.2, 0.25) is 0 Å². The first-order valence-electron chi connectivity index (χ1n) is 10.5. The van der Waals surface area contributed by atoms with Gasteiger partial charge in [-0.1, -0.05) is 11.6 Å². The van der Waals surface area contributed by atoms with Gasteiger partial charge >= 0.3 is 0 Å². The normalized spacial score (nSPS) is 19.2. The summed E-state index contributed by atoms with van der Waals surface area (Å²) in [5, 5.41) is 0.760. The number of nitrogens with two attached hydrogens (primary N) is 1. The van der Waals surface area contributed by atoms with E-state index in [4.69, 9.17) is 31.5 Å². The average Bonchev–Trinajstić information content (AvgIpc) is 3.21. The van der Waals surface area contributed by atoms with E-state index in [0.29, 0.717) is 12.5 Å². The van der Waals surface area contributed by atoms with E-state index in [-0.39, 0.29) is 30.0 Å². The Balaban J connectivity index is 0.00000272. The molecule has 1 atom stereocenters. The second-order valence-electron chi connectivity index (χ2n) is 7.76. The molecule has 2 aromatic rings. The van der Waals surface area contributed by atoms with Gasteiger partial charge in [-0.05, 0) is 43.3 Å². The number of aryl methyl sites for hydroxylation is 1. The number of guanidine groups is 1. The maximum Gasteiger partial charge on any atom is 0.191 e. The molecule has 0 spiro atoms. The number of rotatable bonds is 5. The number of furan rings is 1. The van der Waals surface area contributed by atoms with E-state index in [1.54, 1.807) is 0 Å². The van der Waals surface area contributed by atoms with Crippen LogP contribution in [0.4, 0.5) is 5.69 Å². The standard InChI is InChI=1S/C22H30ClN5O2.HI/c1-17-2-7-21(30-17)20(27-12-14-29-15-13-27)16-25-22(24)28-10-8-26(9-11-28)19-5-3-18(23)4-6-19;/h2-7,20H,8-16H2,1H3,(H2,24,25);1H. The maximum atomic E-state index is 6.38. The summed E-state index contributed by atoms with van der Waals surface area (Å²) < 4.78 is 11.4. The van der Waals surface area contributed by atoms with Gasteiger partial charge in [0, 0.05) is 50.0 Å². The Kier molecular flexibility index (Phi) is 8.88. The molecule has 0 radical (unpaired) electrons. The van der Waals surface area contributed by atoms with Crippen LogP contribution in [0.25, 0.3) is 0 Å². The molecule has 9 heteroatoms. The third-order valence-electron chi connectivity index (χ3n) is 5.80. The van der Waals surface area contributed by atoms with E-state index < -0.39 is 0 Å². The van der Waals surface area contributed by atoms with Crippen molar-refractivity contribution in [1.82, 2.24) is 9.80 Å². The number of aliphatic imine (C=N–C) groups is 1. The van der Waals surface area contributed by atoms with Gasteiger partial charge in [-0.2, -0.15) is 0 Å². The van der Waals surface area contributed by atoms with E-state index in [9.17, 15) is 0 Å². The lowest BCUT2D eigenvalue weighted by Gasteiger charge is -2.37. The Hall–Kier alpha value is -1.49. The molecule has 1 aromatic heterocycles. The van der Waals surface area contributed by atoms with Crippen LogP contribution < -0.4 is 10.6 Å². The van der Waals surface area contributed by atoms with Crippen molar-refractivity contribution in [3.05, 3.63) is 52.9 Å². The van der Waals surface area contributed by atoms with Crippen LogP contribution in [0.2, 0.25) is 5.02 Å². The topological polar surface area (TPSA) is 70.5 Å². The molecule has 1 aromatic carbocycles. The molecule has 2 aliphatic rings. The number of piperazine rings is 1. The van der Waals surface area contributed by atoms with E-state index in [1.807, 2.05) is 31.2 Å². The Morgan fingerprint density at radius 1 is 1.03 bits per heavy atom. The van der Waals surface area contributed by atoms with Crippen LogP contribution in [0.1, 0.15) is 17.6 Å². The van der Waals surface area contributed by atoms with Crippen molar-refractivity contribution < 1.29 is 9.15 Å². The highest BCUT2D eigenvalue weighted by molar-refractivity contribution is 14.0. The van der Waals surface area contributed by atoms with Crippen LogP contribution in [-0.4, -0.2) is 74.8 Å². The monoisotopic (exact) mass is 559 g/mol. The summed E-state index contributed by atoms with van der Waals surface area (Å²) in [6.07, 6.45) is 0. The number of morpholine rings is 1. The fourth-order valence-electron chi connectivity index (χ4n) is 4.03. The van der Waals surface area contributed by atoms with Crippen molar-refractivity contribution in [3.63, 3.8) is 0 Å². The van der Waals surface area contributed by atoms with E-state index in [1.165, 1.54) is 5.69 Å². The third kappa shape index (κ3) is 6.27. The Morgan fingerprint density at radius 3 is 2.32 bits per heavy atom. The first-order valence-corrected chi connectivity index (χ1v) is 10.9. The van der Waals surface area contributed by atoms with Crippen LogP contribution in [-0.2, 0) is 4.74 Å². The number of halogens is 2. The lowest BCUT2D eigenvalue weighted by Crippen LogP contribution is -2.51. The molecule has 3 heterocycles. The minimum absolute atomic E-state index is 0. The Bertz CT molecular complexity index is 846. The van der Waals surface area contributed by atoms with E-state index in [0.717, 1.165) is 69.0 Å². The zero-order chi connectivity index (χ0) is 20.9. The zero-order valence-electron chi connectivity index (χ0n) is 17.9. The van der Waals surface area contributed by atoms with Gasteiger partial charge in [-0.3, -0.25) is 9.89 Å². The molecule has 0 saturated carbocycles. The number of ether oxygens (including phenoxy) is 1. The summed E-state index contributed by atoms with van der Waals surface area (Å²) in [5.41, 5.74) is 7.57. The van der Waals surface area contributed by atoms with Gasteiger partial charge in [-0.25, -0.2) is 0 Å². The number of benzene rings is 1. The maximum absolute atomic E-state index is 6.38. The number of hydrogen-bond acceptors (Lipinski definition) is 5. The molecule has 1 unspecified atom stereocenters. The van der Waals surface area contributed by atoms with Crippen LogP contribution in [0, 0.1) is 6.92 Å². The van der Waals surface area contributed by atoms with Gasteiger partial charge in [-0.15, -0.1) is 24.0 Å². The fourth-order valence-corrected chi connectivity index (χ4v) is 4.16. The quantitative estimate of drug-likeness (QED) is 0.344. The van der Waals surface area contributed by atoms with Gasteiger partial charge in [0.25, 0.3) is 0 Å². The lowest BCUT2D eigenvalue weighted by atomic mass is 10.1. The minimum atomic E-state index is 0. The highest BCUT2D eigenvalue weighted by Gasteiger charge is 2.26. The summed E-state index contributed by atoms with van der Waals surface area (Å²) in [6.45, 7) is 9.28. The predicted octanol–water partition coefficient (Wildman–Crippen LogP) is 3.37. The van der Waals surface area contributed by atoms with Crippen LogP contribution in [0.5, 0.6) is 0 Å². The lowest BCUT2D eigenvalue weighted by molar-refractivity contribution is 0.0135. The molecular formula is C22H31ClIN5O2. The summed E-state index contributed by atoms with van der Waals surface area (Å²) in [5.74, 6) is 2.46. The first kappa shape index (κ1) is 24.2. The van der Waals surface area contributed by atoms with Crippen molar-refractivity contribution >= 4 is 47.2 Å². The number of hydrogen-bond donors (Lipinski definition) is 1. The fraction of sp³-hybridized carbons (Fsp3) is 0.500. The van der Waals surface area contributed by atoms with Gasteiger partial charge < -0.3 is 24.7 Å². The molecule has 2 N–H and O–H groups in total. The second-order valence-corrected chi connectivity index (χ2v) is 8.20. The molecule has 4 rings (SSSR count). The summed E-state index contributed by atoms with van der Waals surface area (Å²) in [4.78, 5) is 11.6. The molecule has 31 heavy (non-hydrogen) atoms. The number of nitrogens with zero attached hydrogens (tertiary/aromatic N) is 4. The molecule has 0 aliphatic carbocycles. The summed E-state index contributed by atoms with van der Waals surface area (Å²) >= 11 is 6.00. The van der Waals surface area contributed by atoms with Crippen molar-refractivity contribution in [2.24, 2.45) is 10.7 Å². The van der Waals surface area contributed by atoms with Crippen LogP contribution in [0.3, 0.4) is 0 Å². The van der Waals surface area contributed by atoms with Crippen molar-refractivity contribution in [2.45, 2.75) is 13.0 Å². The Labute approximate surface area is 206 Å². The Morgan fingerprint density at radius 2 is 1.71 bits per heavy atom. The van der Waals surface area contributed by atoms with Gasteiger partial charge in [0.15, 0.2) is 5.96 Å². The second kappa shape index (κ2) is 11.4. The third-order valence-corrected chi connectivity index (χ3v) is 6.05. The molecule has 2 fully saturated rings. The van der Waals surface area contributed by atoms with Crippen LogP contribution >= 0.6 is 35.6 Å². The molecule has 0 bridgehead atoms.